The lowest BCUT2D eigenvalue weighted by molar-refractivity contribution is 0.443. The van der Waals surface area contributed by atoms with Crippen molar-refractivity contribution in [2.24, 2.45) is 0 Å². The normalized spacial score (nSPS) is 18.7. The summed E-state index contributed by atoms with van der Waals surface area (Å²) < 4.78 is 3.62. The van der Waals surface area contributed by atoms with E-state index < -0.39 is 0 Å². The Kier molecular flexibility index (Phi) is 5.45. The number of allylic oxidation sites excluding steroid dienone is 2. The van der Waals surface area contributed by atoms with Gasteiger partial charge in [-0.15, -0.1) is 4.72 Å². The third kappa shape index (κ3) is 3.24. The molecule has 1 aliphatic carbocycles. The molecule has 1 aliphatic rings. The van der Waals surface area contributed by atoms with Crippen LogP contribution in [0.3, 0.4) is 0 Å². The second-order valence-electron chi connectivity index (χ2n) is 5.13. The van der Waals surface area contributed by atoms with Gasteiger partial charge in [0, 0.05) is 24.6 Å². The highest BCUT2D eigenvalue weighted by atomic mass is 32.2. The van der Waals surface area contributed by atoms with Gasteiger partial charge >= 0.3 is 0 Å². The fourth-order valence-corrected chi connectivity index (χ4v) is 4.74. The molecule has 0 amide bonds. The van der Waals surface area contributed by atoms with Crippen LogP contribution in [0.25, 0.3) is 0 Å². The van der Waals surface area contributed by atoms with Crippen molar-refractivity contribution in [3.8, 4) is 0 Å². The highest BCUT2D eigenvalue weighted by Gasteiger charge is 2.26. The Bertz CT molecular complexity index is 386. The van der Waals surface area contributed by atoms with Gasteiger partial charge in [0.05, 0.1) is 10.7 Å². The first-order valence-electron chi connectivity index (χ1n) is 7.35. The van der Waals surface area contributed by atoms with Crippen LogP contribution in [-0.4, -0.2) is 6.54 Å². The maximum absolute atomic E-state index is 3.62. The Morgan fingerprint density at radius 2 is 2.11 bits per heavy atom. The predicted molar refractivity (Wildman–Crippen MR) is 83.2 cm³/mol. The summed E-state index contributed by atoms with van der Waals surface area (Å²) in [5.74, 6) is 0.839. The van der Waals surface area contributed by atoms with Gasteiger partial charge in [0.25, 0.3) is 0 Å². The molecule has 0 aromatic carbocycles. The number of rotatable bonds is 5. The standard InChI is InChI=1S/C16H26NS/c1-3-5-11-16-15(12-13-18(16)17-4-2)14-9-7-6-8-10-14/h3,5,12-14,17H,4,6-11H2,1-2H3/q+1. The summed E-state index contributed by atoms with van der Waals surface area (Å²) in [6.45, 7) is 5.38. The van der Waals surface area contributed by atoms with Gasteiger partial charge in [-0.1, -0.05) is 31.4 Å². The second kappa shape index (κ2) is 7.10. The van der Waals surface area contributed by atoms with Crippen LogP contribution in [0, 0.1) is 0 Å². The monoisotopic (exact) mass is 264 g/mol. The molecule has 1 saturated carbocycles. The van der Waals surface area contributed by atoms with E-state index >= 15 is 0 Å². The second-order valence-corrected chi connectivity index (χ2v) is 6.85. The quantitative estimate of drug-likeness (QED) is 0.572. The van der Waals surface area contributed by atoms with Gasteiger partial charge in [0.2, 0.25) is 0 Å². The maximum atomic E-state index is 3.62. The molecule has 1 fully saturated rings. The number of hydrogen-bond acceptors (Lipinski definition) is 1. The zero-order valence-corrected chi connectivity index (χ0v) is 12.6. The van der Waals surface area contributed by atoms with E-state index in [2.05, 4.69) is 42.2 Å². The number of thiophene rings is 1. The minimum atomic E-state index is 0.199. The lowest BCUT2D eigenvalue weighted by Crippen LogP contribution is -2.06. The first-order chi connectivity index (χ1) is 8.86. The smallest absolute Gasteiger partial charge is 0.118 e. The van der Waals surface area contributed by atoms with E-state index in [0.29, 0.717) is 0 Å². The summed E-state index contributed by atoms with van der Waals surface area (Å²) in [6, 6.07) is 2.42. The van der Waals surface area contributed by atoms with Crippen LogP contribution >= 0.6 is 10.7 Å². The van der Waals surface area contributed by atoms with Crippen molar-refractivity contribution in [1.29, 1.82) is 0 Å². The fraction of sp³-hybridized carbons (Fsp3) is 0.625. The molecular formula is C16H26NS+. The average Bonchev–Trinajstić information content (AvgIpc) is 2.81. The van der Waals surface area contributed by atoms with Crippen molar-refractivity contribution in [2.75, 3.05) is 11.3 Å². The van der Waals surface area contributed by atoms with Gasteiger partial charge in [0.1, 0.15) is 0 Å². The van der Waals surface area contributed by atoms with Gasteiger partial charge in [-0.05, 0) is 32.6 Å². The molecule has 18 heavy (non-hydrogen) atoms. The molecule has 1 nitrogen and oxygen atoms in total. The van der Waals surface area contributed by atoms with Crippen LogP contribution in [0.4, 0.5) is 0 Å². The Hall–Kier alpha value is -0.600. The van der Waals surface area contributed by atoms with Crippen molar-refractivity contribution in [2.45, 2.75) is 58.3 Å². The minimum absolute atomic E-state index is 0.199. The molecule has 100 valence electrons. The molecule has 0 aliphatic heterocycles. The van der Waals surface area contributed by atoms with E-state index in [4.69, 9.17) is 0 Å². The van der Waals surface area contributed by atoms with E-state index in [9.17, 15) is 0 Å². The summed E-state index contributed by atoms with van der Waals surface area (Å²) >= 11 is 0. The van der Waals surface area contributed by atoms with Crippen LogP contribution in [0.2, 0.25) is 0 Å². The van der Waals surface area contributed by atoms with Crippen LogP contribution in [0.5, 0.6) is 0 Å². The summed E-state index contributed by atoms with van der Waals surface area (Å²) in [6.07, 6.45) is 12.7. The van der Waals surface area contributed by atoms with Gasteiger partial charge in [-0.25, -0.2) is 0 Å². The summed E-state index contributed by atoms with van der Waals surface area (Å²) in [5.41, 5.74) is 1.66. The van der Waals surface area contributed by atoms with E-state index in [1.165, 1.54) is 32.1 Å². The van der Waals surface area contributed by atoms with Gasteiger partial charge < -0.3 is 0 Å². The summed E-state index contributed by atoms with van der Waals surface area (Å²) in [7, 11) is 0.199. The van der Waals surface area contributed by atoms with Crippen LogP contribution in [0.15, 0.2) is 23.6 Å². The lowest BCUT2D eigenvalue weighted by Gasteiger charge is -2.20. The third-order valence-electron chi connectivity index (χ3n) is 3.85. The van der Waals surface area contributed by atoms with E-state index in [-0.39, 0.29) is 10.7 Å². The largest absolute Gasteiger partial charge is 0.179 e. The Balaban J connectivity index is 2.21. The molecule has 1 heterocycles. The Labute approximate surface area is 114 Å². The van der Waals surface area contributed by atoms with Crippen LogP contribution < -0.4 is 4.72 Å². The highest BCUT2D eigenvalue weighted by Crippen LogP contribution is 2.39. The molecular weight excluding hydrogens is 238 g/mol. The van der Waals surface area contributed by atoms with Gasteiger partial charge in [0.15, 0.2) is 10.3 Å². The molecule has 0 radical (unpaired) electrons. The first kappa shape index (κ1) is 13.8. The predicted octanol–water partition coefficient (Wildman–Crippen LogP) is 5.17. The molecule has 2 rings (SSSR count). The Morgan fingerprint density at radius 1 is 1.33 bits per heavy atom. The SMILES string of the molecule is CC=CCc1c(C2CCCCC2)cc[s+]1NCC. The summed E-state index contributed by atoms with van der Waals surface area (Å²) in [5, 5.41) is 2.40. The molecule has 0 spiro atoms. The molecule has 2 heteroatoms. The van der Waals surface area contributed by atoms with E-state index in [1.807, 2.05) is 0 Å². The van der Waals surface area contributed by atoms with Crippen LogP contribution in [0.1, 0.15) is 62.3 Å². The lowest BCUT2D eigenvalue weighted by atomic mass is 9.84. The minimum Gasteiger partial charge on any atom is -0.118 e. The fourth-order valence-electron chi connectivity index (χ4n) is 2.94. The van der Waals surface area contributed by atoms with Gasteiger partial charge in [-0.2, -0.15) is 0 Å². The van der Waals surface area contributed by atoms with Crippen molar-refractivity contribution in [3.63, 3.8) is 0 Å². The molecule has 0 bridgehead atoms. The van der Waals surface area contributed by atoms with Gasteiger partial charge in [-0.3, -0.25) is 0 Å². The zero-order valence-electron chi connectivity index (χ0n) is 11.7. The van der Waals surface area contributed by atoms with Crippen molar-refractivity contribution in [1.82, 2.24) is 0 Å². The van der Waals surface area contributed by atoms with E-state index in [1.54, 1.807) is 10.4 Å². The molecule has 1 unspecified atom stereocenters. The molecule has 0 saturated heterocycles. The number of nitrogens with one attached hydrogen (secondary N) is 1. The molecule has 1 N–H and O–H groups in total. The highest BCUT2D eigenvalue weighted by molar-refractivity contribution is 7.31. The van der Waals surface area contributed by atoms with Crippen molar-refractivity contribution in [3.05, 3.63) is 34.0 Å². The topological polar surface area (TPSA) is 12.0 Å². The molecule has 1 aromatic heterocycles. The first-order valence-corrected chi connectivity index (χ1v) is 8.64. The van der Waals surface area contributed by atoms with Crippen molar-refractivity contribution < 1.29 is 0 Å². The third-order valence-corrected chi connectivity index (χ3v) is 5.80. The average molecular weight is 264 g/mol. The Morgan fingerprint density at radius 3 is 2.78 bits per heavy atom. The van der Waals surface area contributed by atoms with Crippen molar-refractivity contribution >= 4 is 10.7 Å². The molecule has 1 aromatic rings. The van der Waals surface area contributed by atoms with Crippen LogP contribution in [-0.2, 0) is 6.42 Å². The summed E-state index contributed by atoms with van der Waals surface area (Å²) in [4.78, 5) is 1.65. The van der Waals surface area contributed by atoms with E-state index in [0.717, 1.165) is 18.9 Å². The number of hydrogen-bond donors (Lipinski definition) is 1. The molecule has 1 atom stereocenters. The maximum Gasteiger partial charge on any atom is 0.179 e. The zero-order chi connectivity index (χ0) is 12.8.